The van der Waals surface area contributed by atoms with Crippen LogP contribution < -0.4 is 5.32 Å². The average Bonchev–Trinajstić information content (AvgIpc) is 2.76. The van der Waals surface area contributed by atoms with Crippen LogP contribution in [0.1, 0.15) is 31.1 Å². The van der Waals surface area contributed by atoms with Crippen LogP contribution in [0, 0.1) is 12.7 Å². The largest absolute Gasteiger partial charge is 0.377 e. The lowest BCUT2D eigenvalue weighted by molar-refractivity contribution is 0.576. The van der Waals surface area contributed by atoms with Gasteiger partial charge in [0.1, 0.15) is 5.82 Å². The third-order valence-corrected chi connectivity index (χ3v) is 2.97. The number of rotatable bonds is 4. The van der Waals surface area contributed by atoms with E-state index in [0.29, 0.717) is 18.3 Å². The van der Waals surface area contributed by atoms with Gasteiger partial charge < -0.3 is 9.88 Å². The van der Waals surface area contributed by atoms with Crippen molar-refractivity contribution in [1.82, 2.24) is 9.55 Å². The van der Waals surface area contributed by atoms with Gasteiger partial charge in [0, 0.05) is 12.2 Å². The molecule has 96 valence electrons. The molecule has 0 aliphatic rings. The zero-order valence-electron chi connectivity index (χ0n) is 10.9. The van der Waals surface area contributed by atoms with Gasteiger partial charge in [-0.05, 0) is 32.4 Å². The number of anilines is 1. The lowest BCUT2D eigenvalue weighted by atomic mass is 10.2. The number of nitrogens with zero attached hydrogens (tertiary/aromatic N) is 2. The molecule has 0 aliphatic heterocycles. The summed E-state index contributed by atoms with van der Waals surface area (Å²) in [7, 11) is 0. The Morgan fingerprint density at radius 2 is 2.17 bits per heavy atom. The molecule has 0 amide bonds. The van der Waals surface area contributed by atoms with E-state index >= 15 is 0 Å². The van der Waals surface area contributed by atoms with Crippen LogP contribution in [0.3, 0.4) is 0 Å². The quantitative estimate of drug-likeness (QED) is 0.895. The van der Waals surface area contributed by atoms with Crippen LogP contribution in [0.15, 0.2) is 30.7 Å². The molecule has 0 spiro atoms. The zero-order chi connectivity index (χ0) is 13.1. The highest BCUT2D eigenvalue weighted by Crippen LogP contribution is 2.20. The standard InChI is InChI=1S/C14H18FN3/c1-10(2)18-9-16-7-12(18)8-17-14-11(3)5-4-6-13(14)15/h4-7,9-10,17H,8H2,1-3H3. The van der Waals surface area contributed by atoms with Gasteiger partial charge in [0.2, 0.25) is 0 Å². The van der Waals surface area contributed by atoms with E-state index in [9.17, 15) is 4.39 Å². The highest BCUT2D eigenvalue weighted by molar-refractivity contribution is 5.51. The van der Waals surface area contributed by atoms with Crippen molar-refractivity contribution in [2.24, 2.45) is 0 Å². The summed E-state index contributed by atoms with van der Waals surface area (Å²) in [6.07, 6.45) is 3.61. The van der Waals surface area contributed by atoms with E-state index in [1.54, 1.807) is 12.4 Å². The van der Waals surface area contributed by atoms with E-state index in [1.807, 2.05) is 19.2 Å². The summed E-state index contributed by atoms with van der Waals surface area (Å²) >= 11 is 0. The molecule has 1 heterocycles. The van der Waals surface area contributed by atoms with Crippen LogP contribution in [0.25, 0.3) is 0 Å². The second-order valence-electron chi connectivity index (χ2n) is 4.67. The van der Waals surface area contributed by atoms with E-state index in [0.717, 1.165) is 11.3 Å². The Morgan fingerprint density at radius 3 is 2.83 bits per heavy atom. The van der Waals surface area contributed by atoms with E-state index in [1.165, 1.54) is 6.07 Å². The van der Waals surface area contributed by atoms with E-state index in [2.05, 4.69) is 28.7 Å². The normalized spacial score (nSPS) is 10.9. The van der Waals surface area contributed by atoms with Crippen molar-refractivity contribution in [2.75, 3.05) is 5.32 Å². The van der Waals surface area contributed by atoms with Gasteiger partial charge in [0.05, 0.1) is 24.3 Å². The molecule has 0 aliphatic carbocycles. The summed E-state index contributed by atoms with van der Waals surface area (Å²) in [6.45, 7) is 6.66. The number of hydrogen-bond acceptors (Lipinski definition) is 2. The Morgan fingerprint density at radius 1 is 1.39 bits per heavy atom. The second-order valence-corrected chi connectivity index (χ2v) is 4.67. The van der Waals surface area contributed by atoms with Crippen LogP contribution in [0.5, 0.6) is 0 Å². The van der Waals surface area contributed by atoms with Gasteiger partial charge in [-0.15, -0.1) is 0 Å². The average molecular weight is 247 g/mol. The first kappa shape index (κ1) is 12.6. The molecular formula is C14H18FN3. The molecule has 0 unspecified atom stereocenters. The minimum Gasteiger partial charge on any atom is -0.377 e. The molecule has 0 fully saturated rings. The number of para-hydroxylation sites is 1. The maximum Gasteiger partial charge on any atom is 0.146 e. The number of aromatic nitrogens is 2. The molecular weight excluding hydrogens is 229 g/mol. The van der Waals surface area contributed by atoms with Crippen LogP contribution in [-0.4, -0.2) is 9.55 Å². The third kappa shape index (κ3) is 2.53. The monoisotopic (exact) mass is 247 g/mol. The van der Waals surface area contributed by atoms with Gasteiger partial charge in [0.15, 0.2) is 0 Å². The third-order valence-electron chi connectivity index (χ3n) is 2.97. The van der Waals surface area contributed by atoms with Gasteiger partial charge >= 0.3 is 0 Å². The maximum atomic E-state index is 13.7. The van der Waals surface area contributed by atoms with Crippen molar-refractivity contribution in [2.45, 2.75) is 33.4 Å². The van der Waals surface area contributed by atoms with Crippen molar-refractivity contribution in [3.8, 4) is 0 Å². The van der Waals surface area contributed by atoms with Gasteiger partial charge in [-0.2, -0.15) is 0 Å². The maximum absolute atomic E-state index is 13.7. The Bertz CT molecular complexity index is 511. The number of aryl methyl sites for hydroxylation is 1. The van der Waals surface area contributed by atoms with Gasteiger partial charge in [-0.1, -0.05) is 12.1 Å². The fraction of sp³-hybridized carbons (Fsp3) is 0.357. The molecule has 0 saturated heterocycles. The molecule has 18 heavy (non-hydrogen) atoms. The highest BCUT2D eigenvalue weighted by atomic mass is 19.1. The van der Waals surface area contributed by atoms with Crippen LogP contribution >= 0.6 is 0 Å². The number of halogens is 1. The zero-order valence-corrected chi connectivity index (χ0v) is 10.9. The second kappa shape index (κ2) is 5.21. The predicted molar refractivity (Wildman–Crippen MR) is 71.1 cm³/mol. The Labute approximate surface area is 107 Å². The fourth-order valence-electron chi connectivity index (χ4n) is 1.97. The van der Waals surface area contributed by atoms with Crippen LogP contribution in [0.4, 0.5) is 10.1 Å². The Balaban J connectivity index is 2.14. The lowest BCUT2D eigenvalue weighted by Crippen LogP contribution is -2.10. The van der Waals surface area contributed by atoms with Crippen molar-refractivity contribution in [3.05, 3.63) is 47.8 Å². The summed E-state index contributed by atoms with van der Waals surface area (Å²) in [5.74, 6) is -0.217. The first-order valence-electron chi connectivity index (χ1n) is 6.09. The molecule has 4 heteroatoms. The minimum atomic E-state index is -0.217. The summed E-state index contributed by atoms with van der Waals surface area (Å²) in [5.41, 5.74) is 2.52. The molecule has 3 nitrogen and oxygen atoms in total. The number of benzene rings is 1. The molecule has 1 aromatic heterocycles. The number of nitrogens with one attached hydrogen (secondary N) is 1. The molecule has 0 bridgehead atoms. The molecule has 1 aromatic carbocycles. The van der Waals surface area contributed by atoms with Crippen molar-refractivity contribution in [3.63, 3.8) is 0 Å². The van der Waals surface area contributed by atoms with E-state index in [-0.39, 0.29) is 5.82 Å². The van der Waals surface area contributed by atoms with E-state index < -0.39 is 0 Å². The predicted octanol–water partition coefficient (Wildman–Crippen LogP) is 3.52. The topological polar surface area (TPSA) is 29.9 Å². The lowest BCUT2D eigenvalue weighted by Gasteiger charge is -2.14. The Hall–Kier alpha value is -1.84. The SMILES string of the molecule is Cc1cccc(F)c1NCc1cncn1C(C)C. The molecule has 1 N–H and O–H groups in total. The smallest absolute Gasteiger partial charge is 0.146 e. The number of imidazole rings is 1. The first-order valence-corrected chi connectivity index (χ1v) is 6.09. The summed E-state index contributed by atoms with van der Waals surface area (Å²) in [5, 5.41) is 3.14. The molecule has 0 radical (unpaired) electrons. The highest BCUT2D eigenvalue weighted by Gasteiger charge is 2.08. The van der Waals surface area contributed by atoms with Gasteiger partial charge in [-0.25, -0.2) is 9.37 Å². The summed E-state index contributed by atoms with van der Waals surface area (Å²) < 4.78 is 15.7. The summed E-state index contributed by atoms with van der Waals surface area (Å²) in [4.78, 5) is 4.13. The number of hydrogen-bond donors (Lipinski definition) is 1. The van der Waals surface area contributed by atoms with Gasteiger partial charge in [-0.3, -0.25) is 0 Å². The van der Waals surface area contributed by atoms with Crippen LogP contribution in [-0.2, 0) is 6.54 Å². The molecule has 2 aromatic rings. The molecule has 0 saturated carbocycles. The Kier molecular flexibility index (Phi) is 3.65. The van der Waals surface area contributed by atoms with Crippen molar-refractivity contribution >= 4 is 5.69 Å². The first-order chi connectivity index (χ1) is 8.59. The van der Waals surface area contributed by atoms with Crippen molar-refractivity contribution in [1.29, 1.82) is 0 Å². The minimum absolute atomic E-state index is 0.217. The van der Waals surface area contributed by atoms with Gasteiger partial charge in [0.25, 0.3) is 0 Å². The van der Waals surface area contributed by atoms with E-state index in [4.69, 9.17) is 0 Å². The van der Waals surface area contributed by atoms with Crippen molar-refractivity contribution < 1.29 is 4.39 Å². The summed E-state index contributed by atoms with van der Waals surface area (Å²) in [6, 6.07) is 5.43. The fourth-order valence-corrected chi connectivity index (χ4v) is 1.97. The van der Waals surface area contributed by atoms with Crippen LogP contribution in [0.2, 0.25) is 0 Å². The molecule has 2 rings (SSSR count). The molecule has 0 atom stereocenters.